The Bertz CT molecular complexity index is 1160. The van der Waals surface area contributed by atoms with Gasteiger partial charge in [0.2, 0.25) is 5.13 Å². The first-order valence-electron chi connectivity index (χ1n) is 10.7. The topological polar surface area (TPSA) is 107 Å². The first-order chi connectivity index (χ1) is 16.4. The van der Waals surface area contributed by atoms with Crippen molar-refractivity contribution in [2.75, 3.05) is 23.7 Å². The Hall–Kier alpha value is -3.27. The molecule has 34 heavy (non-hydrogen) atoms. The van der Waals surface area contributed by atoms with E-state index in [0.717, 1.165) is 13.2 Å². The number of hydrogen-bond acceptors (Lipinski definition) is 7. The fraction of sp³-hybridized carbons (Fsp3) is 0.200. The van der Waals surface area contributed by atoms with Gasteiger partial charge in [-0.1, -0.05) is 72.0 Å². The fourth-order valence-corrected chi connectivity index (χ4v) is 4.45. The largest absolute Gasteiger partial charge is 0.399 e. The van der Waals surface area contributed by atoms with Crippen molar-refractivity contribution in [1.29, 1.82) is 0 Å². The van der Waals surface area contributed by atoms with Gasteiger partial charge in [0, 0.05) is 18.9 Å². The van der Waals surface area contributed by atoms with Crippen LogP contribution in [0.2, 0.25) is 0 Å². The molecule has 4 aromatic rings. The molecule has 0 atom stereocenters. The number of hydrogen-bond donors (Lipinski definition) is 2. The van der Waals surface area contributed by atoms with Gasteiger partial charge in [0.25, 0.3) is 10.0 Å². The van der Waals surface area contributed by atoms with Crippen molar-refractivity contribution >= 4 is 32.2 Å². The van der Waals surface area contributed by atoms with Crippen molar-refractivity contribution < 1.29 is 13.2 Å². The summed E-state index contributed by atoms with van der Waals surface area (Å²) in [7, 11) is -3.61. The molecule has 0 fully saturated rings. The van der Waals surface area contributed by atoms with Crippen LogP contribution in [0.15, 0.2) is 89.8 Å². The van der Waals surface area contributed by atoms with Gasteiger partial charge in [0.05, 0.1) is 4.90 Å². The lowest BCUT2D eigenvalue weighted by Crippen LogP contribution is -2.12. The van der Waals surface area contributed by atoms with Crippen LogP contribution in [0.3, 0.4) is 0 Å². The molecule has 0 bridgehead atoms. The lowest BCUT2D eigenvalue weighted by atomic mass is 10.1. The quantitative estimate of drug-likeness (QED) is 0.334. The summed E-state index contributed by atoms with van der Waals surface area (Å²) in [4.78, 5) is 0.138. The molecule has 0 aliphatic carbocycles. The molecule has 0 saturated heterocycles. The molecule has 0 unspecified atom stereocenters. The molecule has 1 aromatic heterocycles. The summed E-state index contributed by atoms with van der Waals surface area (Å²) in [6.45, 7) is 7.42. The Labute approximate surface area is 205 Å². The highest BCUT2D eigenvalue weighted by atomic mass is 32.2. The number of nitrogens with zero attached hydrogens (tertiary/aromatic N) is 2. The Balaban J connectivity index is 0.000000209. The van der Waals surface area contributed by atoms with Gasteiger partial charge < -0.3 is 10.5 Å². The number of aromatic nitrogens is 2. The van der Waals surface area contributed by atoms with Crippen LogP contribution in [0.4, 0.5) is 10.8 Å². The number of sulfonamides is 1. The lowest BCUT2D eigenvalue weighted by molar-refractivity contribution is 0.162. The van der Waals surface area contributed by atoms with E-state index in [1.807, 2.05) is 26.0 Å². The highest BCUT2D eigenvalue weighted by Gasteiger charge is 2.15. The summed E-state index contributed by atoms with van der Waals surface area (Å²) >= 11 is 1.18. The van der Waals surface area contributed by atoms with E-state index in [-0.39, 0.29) is 10.0 Å². The van der Waals surface area contributed by atoms with Crippen molar-refractivity contribution in [2.45, 2.75) is 25.7 Å². The highest BCUT2D eigenvalue weighted by Crippen LogP contribution is 2.20. The van der Waals surface area contributed by atoms with Crippen molar-refractivity contribution in [3.63, 3.8) is 0 Å². The number of rotatable bonds is 6. The zero-order valence-electron chi connectivity index (χ0n) is 19.5. The fourth-order valence-electron chi connectivity index (χ4n) is 2.62. The van der Waals surface area contributed by atoms with Crippen LogP contribution in [-0.4, -0.2) is 31.8 Å². The Morgan fingerprint density at radius 2 is 1.32 bits per heavy atom. The average molecular weight is 499 g/mol. The van der Waals surface area contributed by atoms with Gasteiger partial charge in [-0.15, -0.1) is 10.2 Å². The predicted molar refractivity (Wildman–Crippen MR) is 140 cm³/mol. The standard InChI is InChI=1S/C12H10.C9H10N4O2S2.C4H10O/c1-3-7-11(8-4-1)12-9-5-2-6-10-12;1-6-11-12-9(16-6)13-17(14,15)8-4-2-7(10)3-5-8;1-3-5-4-2/h1-10H;2-5H,10H2,1H3,(H,12,13);3-4H2,1-2H3. The minimum Gasteiger partial charge on any atom is -0.399 e. The van der Waals surface area contributed by atoms with Crippen molar-refractivity contribution in [3.05, 3.63) is 89.9 Å². The molecule has 180 valence electrons. The van der Waals surface area contributed by atoms with Crippen LogP contribution in [0.25, 0.3) is 11.1 Å². The number of nitrogens with one attached hydrogen (secondary N) is 1. The molecular formula is C25H30N4O3S2. The smallest absolute Gasteiger partial charge is 0.263 e. The van der Waals surface area contributed by atoms with E-state index in [1.54, 1.807) is 6.92 Å². The maximum Gasteiger partial charge on any atom is 0.263 e. The summed E-state index contributed by atoms with van der Waals surface area (Å²) in [5.74, 6) is 0. The van der Waals surface area contributed by atoms with Gasteiger partial charge in [-0.2, -0.15) is 0 Å². The Morgan fingerprint density at radius 1 is 0.824 bits per heavy atom. The van der Waals surface area contributed by atoms with Crippen LogP contribution in [-0.2, 0) is 14.8 Å². The molecule has 3 N–H and O–H groups in total. The maximum atomic E-state index is 11.9. The zero-order chi connectivity index (χ0) is 24.8. The van der Waals surface area contributed by atoms with E-state index in [1.165, 1.54) is 46.7 Å². The van der Waals surface area contributed by atoms with Crippen LogP contribution in [0, 0.1) is 6.92 Å². The van der Waals surface area contributed by atoms with Gasteiger partial charge in [-0.25, -0.2) is 8.42 Å². The number of nitrogens with two attached hydrogens (primary N) is 1. The number of ether oxygens (including phenoxy) is 1. The van der Waals surface area contributed by atoms with Crippen LogP contribution >= 0.6 is 11.3 Å². The molecule has 1 heterocycles. The van der Waals surface area contributed by atoms with Crippen LogP contribution in [0.1, 0.15) is 18.9 Å². The van der Waals surface area contributed by atoms with Gasteiger partial charge in [0.1, 0.15) is 5.01 Å². The lowest BCUT2D eigenvalue weighted by Gasteiger charge is -2.04. The minimum atomic E-state index is -3.61. The first kappa shape index (κ1) is 27.0. The van der Waals surface area contributed by atoms with E-state index < -0.39 is 10.0 Å². The third kappa shape index (κ3) is 9.30. The minimum absolute atomic E-state index is 0.138. The molecule has 0 aliphatic heterocycles. The highest BCUT2D eigenvalue weighted by molar-refractivity contribution is 7.93. The summed E-state index contributed by atoms with van der Waals surface area (Å²) in [6.07, 6.45) is 0. The van der Waals surface area contributed by atoms with E-state index >= 15 is 0 Å². The number of benzene rings is 3. The first-order valence-corrected chi connectivity index (χ1v) is 13.0. The number of nitrogen functional groups attached to an aromatic ring is 1. The molecule has 0 spiro atoms. The van der Waals surface area contributed by atoms with E-state index in [0.29, 0.717) is 10.7 Å². The third-order valence-corrected chi connectivity index (χ3v) is 6.47. The van der Waals surface area contributed by atoms with Crippen molar-refractivity contribution in [3.8, 4) is 11.1 Å². The summed E-state index contributed by atoms with van der Waals surface area (Å²) in [5, 5.41) is 8.37. The van der Waals surface area contributed by atoms with Crippen LogP contribution in [0.5, 0.6) is 0 Å². The van der Waals surface area contributed by atoms with E-state index in [2.05, 4.69) is 63.5 Å². The second-order valence-corrected chi connectivity index (χ2v) is 9.68. The van der Waals surface area contributed by atoms with Gasteiger partial charge >= 0.3 is 0 Å². The molecule has 0 radical (unpaired) electrons. The average Bonchev–Trinajstić information content (AvgIpc) is 3.25. The third-order valence-electron chi connectivity index (χ3n) is 4.23. The zero-order valence-corrected chi connectivity index (χ0v) is 21.1. The summed E-state index contributed by atoms with van der Waals surface area (Å²) < 4.78 is 31.0. The molecule has 0 amide bonds. The predicted octanol–water partition coefficient (Wildman–Crippen LogP) is 5.63. The number of aryl methyl sites for hydroxylation is 1. The molecule has 9 heteroatoms. The van der Waals surface area contributed by atoms with Crippen molar-refractivity contribution in [2.24, 2.45) is 0 Å². The molecule has 0 aliphatic rings. The molecule has 7 nitrogen and oxygen atoms in total. The monoisotopic (exact) mass is 498 g/mol. The second kappa shape index (κ2) is 14.1. The van der Waals surface area contributed by atoms with Gasteiger partial charge in [-0.05, 0) is 56.2 Å². The van der Waals surface area contributed by atoms with E-state index in [4.69, 9.17) is 10.5 Å². The van der Waals surface area contributed by atoms with E-state index in [9.17, 15) is 8.42 Å². The SMILES string of the molecule is CCOCC.Cc1nnc(NS(=O)(=O)c2ccc(N)cc2)s1.c1ccc(-c2ccccc2)cc1. The molecule has 0 saturated carbocycles. The van der Waals surface area contributed by atoms with Crippen molar-refractivity contribution in [1.82, 2.24) is 10.2 Å². The molecule has 3 aromatic carbocycles. The summed E-state index contributed by atoms with van der Waals surface area (Å²) in [6, 6.07) is 26.7. The Kier molecular flexibility index (Phi) is 11.2. The summed E-state index contributed by atoms with van der Waals surface area (Å²) in [5.41, 5.74) is 8.55. The number of anilines is 2. The van der Waals surface area contributed by atoms with Crippen LogP contribution < -0.4 is 10.5 Å². The second-order valence-electron chi connectivity index (χ2n) is 6.81. The van der Waals surface area contributed by atoms with Gasteiger partial charge in [0.15, 0.2) is 0 Å². The maximum absolute atomic E-state index is 11.9. The Morgan fingerprint density at radius 3 is 1.71 bits per heavy atom. The molecule has 4 rings (SSSR count). The molecular weight excluding hydrogens is 468 g/mol. The normalized spacial score (nSPS) is 10.3. The van der Waals surface area contributed by atoms with Gasteiger partial charge in [-0.3, -0.25) is 4.72 Å².